The Morgan fingerprint density at radius 2 is 1.84 bits per heavy atom. The molecule has 1 saturated heterocycles. The molecule has 3 aromatic heterocycles. The van der Waals surface area contributed by atoms with Gasteiger partial charge in [-0.1, -0.05) is 42.5 Å². The number of fused-ring (bicyclic) bond motifs is 1. The van der Waals surface area contributed by atoms with Crippen molar-refractivity contribution in [1.29, 1.82) is 0 Å². The lowest BCUT2D eigenvalue weighted by molar-refractivity contribution is 0.245. The van der Waals surface area contributed by atoms with Crippen LogP contribution in [0.3, 0.4) is 0 Å². The number of benzene rings is 2. The highest BCUT2D eigenvalue weighted by molar-refractivity contribution is 5.96. The standard InChI is InChI=1S/C29H29N7O/c37-29(34-24-9-11-30-12-10-24)35-25-8-4-7-21(13-25)22-14-26-27(17-32-28(26)31-15-22)23-16-33-36(19-23)18-20-5-2-1-3-6-20/h1-8,13-17,19,24,30H,9-12,18H2,(H,31,32)(H2,34,35,37). The molecule has 0 spiro atoms. The molecule has 6 rings (SSSR count). The molecule has 0 unspecified atom stereocenters. The first-order valence-corrected chi connectivity index (χ1v) is 12.6. The third-order valence-electron chi connectivity index (χ3n) is 6.79. The van der Waals surface area contributed by atoms with Crippen LogP contribution >= 0.6 is 0 Å². The van der Waals surface area contributed by atoms with Gasteiger partial charge in [-0.05, 0) is 55.3 Å². The minimum Gasteiger partial charge on any atom is -0.346 e. The second-order valence-corrected chi connectivity index (χ2v) is 9.44. The maximum Gasteiger partial charge on any atom is 0.319 e. The Kier molecular flexibility index (Phi) is 6.39. The number of carbonyl (C=O) groups excluding carboxylic acids is 1. The molecule has 2 aromatic carbocycles. The largest absolute Gasteiger partial charge is 0.346 e. The van der Waals surface area contributed by atoms with Crippen molar-refractivity contribution < 1.29 is 4.79 Å². The van der Waals surface area contributed by atoms with Gasteiger partial charge in [0.2, 0.25) is 0 Å². The molecule has 5 aromatic rings. The molecule has 2 amide bonds. The number of aromatic nitrogens is 4. The van der Waals surface area contributed by atoms with Crippen LogP contribution in [0.25, 0.3) is 33.3 Å². The van der Waals surface area contributed by atoms with Crippen LogP contribution in [0.2, 0.25) is 0 Å². The summed E-state index contributed by atoms with van der Waals surface area (Å²) < 4.78 is 1.95. The number of H-pyrrole nitrogens is 1. The number of nitrogens with one attached hydrogen (secondary N) is 4. The lowest BCUT2D eigenvalue weighted by Gasteiger charge is -2.23. The van der Waals surface area contributed by atoms with Gasteiger partial charge < -0.3 is 20.9 Å². The van der Waals surface area contributed by atoms with Crippen LogP contribution in [0.1, 0.15) is 18.4 Å². The van der Waals surface area contributed by atoms with E-state index in [0.717, 1.165) is 71.5 Å². The van der Waals surface area contributed by atoms with Gasteiger partial charge in [-0.3, -0.25) is 4.68 Å². The van der Waals surface area contributed by atoms with E-state index in [2.05, 4.69) is 55.4 Å². The molecule has 1 aliphatic heterocycles. The topological polar surface area (TPSA) is 99.7 Å². The van der Waals surface area contributed by atoms with Crippen LogP contribution in [0.15, 0.2) is 85.5 Å². The van der Waals surface area contributed by atoms with E-state index in [1.807, 2.05) is 65.7 Å². The summed E-state index contributed by atoms with van der Waals surface area (Å²) in [4.78, 5) is 20.5. The molecular formula is C29H29N7O. The average molecular weight is 492 g/mol. The molecule has 37 heavy (non-hydrogen) atoms. The molecule has 0 bridgehead atoms. The van der Waals surface area contributed by atoms with Gasteiger partial charge in [0, 0.05) is 52.4 Å². The Balaban J connectivity index is 1.21. The summed E-state index contributed by atoms with van der Waals surface area (Å²) in [5.74, 6) is 0. The Morgan fingerprint density at radius 1 is 0.973 bits per heavy atom. The molecule has 0 saturated carbocycles. The van der Waals surface area contributed by atoms with Crippen molar-refractivity contribution in [2.75, 3.05) is 18.4 Å². The highest BCUT2D eigenvalue weighted by Gasteiger charge is 2.16. The minimum absolute atomic E-state index is 0.168. The summed E-state index contributed by atoms with van der Waals surface area (Å²) in [5, 5.41) is 15.0. The summed E-state index contributed by atoms with van der Waals surface area (Å²) in [6.45, 7) is 2.59. The van der Waals surface area contributed by atoms with E-state index in [-0.39, 0.29) is 12.1 Å². The van der Waals surface area contributed by atoms with Crippen LogP contribution in [-0.4, -0.2) is 44.9 Å². The zero-order valence-corrected chi connectivity index (χ0v) is 20.4. The fraction of sp³-hybridized carbons (Fsp3) is 0.207. The fourth-order valence-corrected chi connectivity index (χ4v) is 4.86. The van der Waals surface area contributed by atoms with Gasteiger partial charge in [-0.15, -0.1) is 0 Å². The van der Waals surface area contributed by atoms with Crippen LogP contribution in [0, 0.1) is 0 Å². The second-order valence-electron chi connectivity index (χ2n) is 9.44. The molecule has 0 radical (unpaired) electrons. The number of anilines is 1. The Morgan fingerprint density at radius 3 is 2.70 bits per heavy atom. The predicted octanol–water partition coefficient (Wildman–Crippen LogP) is 5.02. The van der Waals surface area contributed by atoms with Gasteiger partial charge >= 0.3 is 6.03 Å². The third-order valence-corrected chi connectivity index (χ3v) is 6.79. The van der Waals surface area contributed by atoms with Gasteiger partial charge in [0.25, 0.3) is 0 Å². The lowest BCUT2D eigenvalue weighted by Crippen LogP contribution is -2.44. The number of piperidine rings is 1. The molecule has 4 heterocycles. The quantitative estimate of drug-likeness (QED) is 0.268. The molecule has 8 heteroatoms. The average Bonchev–Trinajstić information content (AvgIpc) is 3.56. The Hall–Kier alpha value is -4.43. The van der Waals surface area contributed by atoms with Gasteiger partial charge in [-0.25, -0.2) is 9.78 Å². The smallest absolute Gasteiger partial charge is 0.319 e. The van der Waals surface area contributed by atoms with Gasteiger partial charge in [0.1, 0.15) is 5.65 Å². The first-order chi connectivity index (χ1) is 18.2. The number of amides is 2. The monoisotopic (exact) mass is 491 g/mol. The molecule has 8 nitrogen and oxygen atoms in total. The number of rotatable bonds is 6. The van der Waals surface area contributed by atoms with E-state index < -0.39 is 0 Å². The van der Waals surface area contributed by atoms with E-state index in [4.69, 9.17) is 0 Å². The zero-order valence-electron chi connectivity index (χ0n) is 20.4. The number of nitrogens with zero attached hydrogens (tertiary/aromatic N) is 3. The van der Waals surface area contributed by atoms with Crippen LogP contribution in [-0.2, 0) is 6.54 Å². The number of carbonyl (C=O) groups is 1. The van der Waals surface area contributed by atoms with E-state index >= 15 is 0 Å². The van der Waals surface area contributed by atoms with Gasteiger partial charge in [0.05, 0.1) is 12.7 Å². The number of pyridine rings is 1. The van der Waals surface area contributed by atoms with E-state index in [9.17, 15) is 4.79 Å². The van der Waals surface area contributed by atoms with E-state index in [1.54, 1.807) is 0 Å². The van der Waals surface area contributed by atoms with Crippen LogP contribution in [0.4, 0.5) is 10.5 Å². The first kappa shape index (κ1) is 23.0. The van der Waals surface area contributed by atoms with Crippen LogP contribution in [0.5, 0.6) is 0 Å². The summed E-state index contributed by atoms with van der Waals surface area (Å²) in [5.41, 5.74) is 6.84. The number of aromatic amines is 1. The second kappa shape index (κ2) is 10.3. The van der Waals surface area contributed by atoms with Crippen molar-refractivity contribution >= 4 is 22.8 Å². The van der Waals surface area contributed by atoms with Crippen molar-refractivity contribution in [1.82, 2.24) is 30.4 Å². The molecule has 1 aliphatic rings. The highest BCUT2D eigenvalue weighted by Crippen LogP contribution is 2.31. The van der Waals surface area contributed by atoms with Gasteiger partial charge in [-0.2, -0.15) is 5.10 Å². The van der Waals surface area contributed by atoms with Crippen molar-refractivity contribution in [2.24, 2.45) is 0 Å². The minimum atomic E-state index is -0.168. The summed E-state index contributed by atoms with van der Waals surface area (Å²) in [6.07, 6.45) is 9.69. The maximum absolute atomic E-state index is 12.5. The molecular weight excluding hydrogens is 462 g/mol. The van der Waals surface area contributed by atoms with Crippen molar-refractivity contribution in [3.05, 3.63) is 91.0 Å². The molecule has 4 N–H and O–H groups in total. The first-order valence-electron chi connectivity index (χ1n) is 12.6. The summed E-state index contributed by atoms with van der Waals surface area (Å²) in [7, 11) is 0. The number of hydrogen-bond acceptors (Lipinski definition) is 4. The van der Waals surface area contributed by atoms with E-state index in [0.29, 0.717) is 0 Å². The summed E-state index contributed by atoms with van der Waals surface area (Å²) >= 11 is 0. The fourth-order valence-electron chi connectivity index (χ4n) is 4.86. The normalized spacial score (nSPS) is 14.1. The lowest BCUT2D eigenvalue weighted by atomic mass is 10.0. The third kappa shape index (κ3) is 5.24. The van der Waals surface area contributed by atoms with Crippen molar-refractivity contribution in [2.45, 2.75) is 25.4 Å². The maximum atomic E-state index is 12.5. The predicted molar refractivity (Wildman–Crippen MR) is 146 cm³/mol. The van der Waals surface area contributed by atoms with Gasteiger partial charge in [0.15, 0.2) is 0 Å². The number of urea groups is 1. The van der Waals surface area contributed by atoms with E-state index in [1.165, 1.54) is 5.56 Å². The molecule has 186 valence electrons. The highest BCUT2D eigenvalue weighted by atomic mass is 16.2. The summed E-state index contributed by atoms with van der Waals surface area (Å²) in [6, 6.07) is 20.3. The SMILES string of the molecule is O=C(Nc1cccc(-c2cnc3[nH]cc(-c4cnn(Cc5ccccc5)c4)c3c2)c1)NC1CCNCC1. The number of hydrogen-bond donors (Lipinski definition) is 4. The Labute approximate surface area is 215 Å². The Bertz CT molecular complexity index is 1520. The van der Waals surface area contributed by atoms with Crippen LogP contribution < -0.4 is 16.0 Å². The van der Waals surface area contributed by atoms with Crippen molar-refractivity contribution in [3.8, 4) is 22.3 Å². The van der Waals surface area contributed by atoms with Crippen molar-refractivity contribution in [3.63, 3.8) is 0 Å². The molecule has 0 aliphatic carbocycles. The molecule has 0 atom stereocenters. The zero-order chi connectivity index (χ0) is 25.0. The molecule has 1 fully saturated rings.